The van der Waals surface area contributed by atoms with E-state index in [1.54, 1.807) is 36.1 Å². The number of esters is 1. The third-order valence-electron chi connectivity index (χ3n) is 6.10. The first-order valence-corrected chi connectivity index (χ1v) is 12.2. The number of H-pyrrole nitrogens is 1. The molecule has 0 aliphatic carbocycles. The molecule has 0 bridgehead atoms. The van der Waals surface area contributed by atoms with E-state index in [0.717, 1.165) is 15.9 Å². The van der Waals surface area contributed by atoms with Crippen LogP contribution in [0.5, 0.6) is 5.75 Å². The van der Waals surface area contributed by atoms with Gasteiger partial charge in [-0.3, -0.25) is 9.59 Å². The van der Waals surface area contributed by atoms with Crippen LogP contribution < -0.4 is 5.56 Å². The molecule has 36 heavy (non-hydrogen) atoms. The second-order valence-electron chi connectivity index (χ2n) is 8.39. The number of hydrogen-bond acceptors (Lipinski definition) is 8. The van der Waals surface area contributed by atoms with E-state index in [1.165, 1.54) is 24.5 Å². The van der Waals surface area contributed by atoms with Gasteiger partial charge in [0.15, 0.2) is 10.8 Å². The van der Waals surface area contributed by atoms with Gasteiger partial charge in [0.25, 0.3) is 5.56 Å². The molecule has 0 fully saturated rings. The van der Waals surface area contributed by atoms with Gasteiger partial charge < -0.3 is 23.8 Å². The predicted octanol–water partition coefficient (Wildman–Crippen LogP) is 4.39. The Kier molecular flexibility index (Phi) is 6.43. The summed E-state index contributed by atoms with van der Waals surface area (Å²) in [5.41, 5.74) is 2.04. The molecule has 0 aliphatic rings. The highest BCUT2D eigenvalue weighted by molar-refractivity contribution is 7.21. The SMILES string of the molecule is COC(=O)C[C@@H](c1ccc(-c2nc3ccccc3s2)o1)c1c(O)cc(C)n(CCc2cnc[nH]2)c1=O. The monoisotopic (exact) mass is 504 g/mol. The van der Waals surface area contributed by atoms with Crippen molar-refractivity contribution in [1.82, 2.24) is 19.5 Å². The Hall–Kier alpha value is -4.18. The van der Waals surface area contributed by atoms with Gasteiger partial charge in [-0.1, -0.05) is 12.1 Å². The van der Waals surface area contributed by atoms with Gasteiger partial charge in [0.2, 0.25) is 0 Å². The Morgan fingerprint density at radius 2 is 2.11 bits per heavy atom. The summed E-state index contributed by atoms with van der Waals surface area (Å²) in [5, 5.41) is 11.5. The molecule has 0 saturated carbocycles. The van der Waals surface area contributed by atoms with Crippen molar-refractivity contribution in [1.29, 1.82) is 0 Å². The minimum atomic E-state index is -0.841. The van der Waals surface area contributed by atoms with Crippen LogP contribution >= 0.6 is 11.3 Å². The molecule has 1 atom stereocenters. The number of imidazole rings is 1. The fourth-order valence-corrected chi connectivity index (χ4v) is 5.18. The number of aromatic amines is 1. The van der Waals surface area contributed by atoms with E-state index in [4.69, 9.17) is 9.15 Å². The summed E-state index contributed by atoms with van der Waals surface area (Å²) >= 11 is 1.49. The van der Waals surface area contributed by atoms with Crippen LogP contribution in [-0.2, 0) is 22.5 Å². The van der Waals surface area contributed by atoms with Crippen LogP contribution in [0, 0.1) is 6.92 Å². The zero-order chi connectivity index (χ0) is 25.2. The van der Waals surface area contributed by atoms with Crippen molar-refractivity contribution < 1.29 is 19.1 Å². The van der Waals surface area contributed by atoms with Gasteiger partial charge in [-0.2, -0.15) is 0 Å². The highest BCUT2D eigenvalue weighted by atomic mass is 32.1. The van der Waals surface area contributed by atoms with Crippen LogP contribution in [0.3, 0.4) is 0 Å². The molecule has 184 valence electrons. The van der Waals surface area contributed by atoms with E-state index in [0.29, 0.717) is 35.2 Å². The predicted molar refractivity (Wildman–Crippen MR) is 135 cm³/mol. The third kappa shape index (κ3) is 4.55. The Labute approximate surface area is 210 Å². The normalized spacial score (nSPS) is 12.2. The van der Waals surface area contributed by atoms with E-state index in [-0.39, 0.29) is 23.3 Å². The van der Waals surface area contributed by atoms with E-state index >= 15 is 0 Å². The number of carbonyl (C=O) groups excluding carboxylic acids is 1. The largest absolute Gasteiger partial charge is 0.507 e. The number of benzene rings is 1. The highest BCUT2D eigenvalue weighted by Gasteiger charge is 2.29. The Morgan fingerprint density at radius 3 is 2.86 bits per heavy atom. The Bertz CT molecular complexity index is 1550. The summed E-state index contributed by atoms with van der Waals surface area (Å²) in [5.74, 6) is -0.672. The van der Waals surface area contributed by atoms with Crippen molar-refractivity contribution in [3.63, 3.8) is 0 Å². The number of hydrogen-bond donors (Lipinski definition) is 2. The fourth-order valence-electron chi connectivity index (χ4n) is 4.26. The van der Waals surface area contributed by atoms with E-state index < -0.39 is 11.9 Å². The smallest absolute Gasteiger partial charge is 0.306 e. The summed E-state index contributed by atoms with van der Waals surface area (Å²) in [7, 11) is 1.28. The molecule has 5 aromatic rings. The number of thiazole rings is 1. The van der Waals surface area contributed by atoms with Crippen molar-refractivity contribution in [3.05, 3.63) is 88.1 Å². The summed E-state index contributed by atoms with van der Waals surface area (Å²) in [6, 6.07) is 12.8. The summed E-state index contributed by atoms with van der Waals surface area (Å²) in [4.78, 5) is 37.6. The van der Waals surface area contributed by atoms with Crippen LogP contribution in [0.2, 0.25) is 0 Å². The summed E-state index contributed by atoms with van der Waals surface area (Å²) in [6.07, 6.45) is 3.67. The number of fused-ring (bicyclic) bond motifs is 1. The van der Waals surface area contributed by atoms with Gasteiger partial charge in [-0.05, 0) is 37.3 Å². The first kappa shape index (κ1) is 23.6. The van der Waals surface area contributed by atoms with Crippen LogP contribution in [0.1, 0.15) is 35.1 Å². The van der Waals surface area contributed by atoms with Crippen LogP contribution in [0.25, 0.3) is 21.0 Å². The molecule has 2 N–H and O–H groups in total. The molecule has 10 heteroatoms. The quantitative estimate of drug-likeness (QED) is 0.300. The second kappa shape index (κ2) is 9.82. The van der Waals surface area contributed by atoms with Crippen molar-refractivity contribution >= 4 is 27.5 Å². The van der Waals surface area contributed by atoms with Crippen molar-refractivity contribution in [2.75, 3.05) is 7.11 Å². The molecule has 4 heterocycles. The first-order chi connectivity index (χ1) is 17.4. The van der Waals surface area contributed by atoms with Crippen molar-refractivity contribution in [2.45, 2.75) is 32.2 Å². The molecule has 1 aromatic carbocycles. The average molecular weight is 505 g/mol. The molecule has 0 unspecified atom stereocenters. The molecule has 0 aliphatic heterocycles. The number of nitrogens with one attached hydrogen (secondary N) is 1. The lowest BCUT2D eigenvalue weighted by Crippen LogP contribution is -2.29. The topological polar surface area (TPSA) is 123 Å². The zero-order valence-electron chi connectivity index (χ0n) is 19.7. The molecule has 4 aromatic heterocycles. The zero-order valence-corrected chi connectivity index (χ0v) is 20.5. The standard InChI is InChI=1S/C26H24N4O5S/c1-15-11-19(31)24(26(33)30(15)10-9-16-13-27-14-28-16)17(12-23(32)34-2)20-7-8-21(35-20)25-29-18-5-3-4-6-22(18)36-25/h3-8,11,13-14,17,31H,9-10,12H2,1-2H3,(H,27,28)/t17-/m0/s1. The van der Waals surface area contributed by atoms with E-state index in [1.807, 2.05) is 24.3 Å². The van der Waals surface area contributed by atoms with Gasteiger partial charge >= 0.3 is 5.97 Å². The minimum absolute atomic E-state index is 0.0841. The van der Waals surface area contributed by atoms with Crippen molar-refractivity contribution in [2.24, 2.45) is 0 Å². The molecule has 0 amide bonds. The van der Waals surface area contributed by atoms with Gasteiger partial charge in [-0.25, -0.2) is 9.97 Å². The minimum Gasteiger partial charge on any atom is -0.507 e. The lowest BCUT2D eigenvalue weighted by atomic mass is 9.93. The van der Waals surface area contributed by atoms with E-state index in [2.05, 4.69) is 15.0 Å². The van der Waals surface area contributed by atoms with Gasteiger partial charge in [-0.15, -0.1) is 11.3 Å². The molecule has 0 spiro atoms. The molecule has 0 saturated heterocycles. The second-order valence-corrected chi connectivity index (χ2v) is 9.42. The van der Waals surface area contributed by atoms with Crippen LogP contribution in [0.4, 0.5) is 0 Å². The highest BCUT2D eigenvalue weighted by Crippen LogP contribution is 2.37. The average Bonchev–Trinajstić information content (AvgIpc) is 3.63. The van der Waals surface area contributed by atoms with Crippen molar-refractivity contribution in [3.8, 4) is 16.5 Å². The number of nitrogens with zero attached hydrogens (tertiary/aromatic N) is 3. The number of furan rings is 1. The number of methoxy groups -OCH3 is 1. The lowest BCUT2D eigenvalue weighted by molar-refractivity contribution is -0.140. The summed E-state index contributed by atoms with van der Waals surface area (Å²) < 4.78 is 13.6. The molecule has 0 radical (unpaired) electrons. The number of carbonyl (C=O) groups is 1. The Morgan fingerprint density at radius 1 is 1.28 bits per heavy atom. The first-order valence-electron chi connectivity index (χ1n) is 11.4. The Balaban J connectivity index is 1.55. The number of pyridine rings is 1. The maximum Gasteiger partial charge on any atom is 0.306 e. The maximum absolute atomic E-state index is 13.6. The van der Waals surface area contributed by atoms with E-state index in [9.17, 15) is 14.7 Å². The van der Waals surface area contributed by atoms with Gasteiger partial charge in [0, 0.05) is 30.6 Å². The third-order valence-corrected chi connectivity index (χ3v) is 7.16. The maximum atomic E-state index is 13.6. The van der Waals surface area contributed by atoms with Gasteiger partial charge in [0.1, 0.15) is 11.5 Å². The fraction of sp³-hybridized carbons (Fsp3) is 0.231. The number of ether oxygens (including phenoxy) is 1. The molecule has 9 nitrogen and oxygen atoms in total. The summed E-state index contributed by atoms with van der Waals surface area (Å²) in [6.45, 7) is 2.13. The molecule has 5 rings (SSSR count). The van der Waals surface area contributed by atoms with Crippen LogP contribution in [0.15, 0.2) is 64.2 Å². The number of aromatic hydroxyl groups is 1. The number of aryl methyl sites for hydroxylation is 2. The number of aromatic nitrogens is 4. The lowest BCUT2D eigenvalue weighted by Gasteiger charge is -2.18. The number of rotatable bonds is 8. The number of para-hydroxylation sites is 1. The van der Waals surface area contributed by atoms with Crippen LogP contribution in [-0.4, -0.2) is 37.7 Å². The molecular formula is C26H24N4O5S. The van der Waals surface area contributed by atoms with Gasteiger partial charge in [0.05, 0.1) is 41.6 Å². The molecular weight excluding hydrogens is 480 g/mol.